The number of hydrogen-bond acceptors (Lipinski definition) is 5. The number of benzene rings is 2. The standard InChI is InChI=1S/C17H18O4S/c1-19-12-4-7-14(8-5-12)22-11-16(18)15-9-6-13(20-2)10-17(15)21-3/h4-10H,11H2,1-3H3. The zero-order chi connectivity index (χ0) is 15.9. The quantitative estimate of drug-likeness (QED) is 0.575. The molecule has 0 bridgehead atoms. The lowest BCUT2D eigenvalue weighted by Gasteiger charge is -2.09. The summed E-state index contributed by atoms with van der Waals surface area (Å²) >= 11 is 1.48. The van der Waals surface area contributed by atoms with Gasteiger partial charge in [-0.2, -0.15) is 0 Å². The molecule has 0 radical (unpaired) electrons. The lowest BCUT2D eigenvalue weighted by Crippen LogP contribution is -2.05. The fourth-order valence-electron chi connectivity index (χ4n) is 1.93. The van der Waals surface area contributed by atoms with E-state index < -0.39 is 0 Å². The predicted molar refractivity (Wildman–Crippen MR) is 87.6 cm³/mol. The van der Waals surface area contributed by atoms with Gasteiger partial charge in [-0.3, -0.25) is 4.79 Å². The summed E-state index contributed by atoms with van der Waals surface area (Å²) in [5, 5.41) is 0. The number of methoxy groups -OCH3 is 3. The number of rotatable bonds is 7. The average Bonchev–Trinajstić information content (AvgIpc) is 2.59. The molecule has 116 valence electrons. The van der Waals surface area contributed by atoms with Crippen molar-refractivity contribution in [2.24, 2.45) is 0 Å². The summed E-state index contributed by atoms with van der Waals surface area (Å²) in [6.45, 7) is 0. The van der Waals surface area contributed by atoms with Crippen LogP contribution in [0.2, 0.25) is 0 Å². The molecule has 0 unspecified atom stereocenters. The smallest absolute Gasteiger partial charge is 0.176 e. The van der Waals surface area contributed by atoms with E-state index >= 15 is 0 Å². The molecule has 0 N–H and O–H groups in total. The first-order valence-electron chi connectivity index (χ1n) is 6.70. The molecule has 2 aromatic rings. The molecule has 0 saturated carbocycles. The van der Waals surface area contributed by atoms with E-state index in [1.54, 1.807) is 39.5 Å². The van der Waals surface area contributed by atoms with Crippen LogP contribution in [0.25, 0.3) is 0 Å². The van der Waals surface area contributed by atoms with Gasteiger partial charge in [-0.15, -0.1) is 11.8 Å². The molecule has 5 heteroatoms. The molecule has 0 aliphatic heterocycles. The highest BCUT2D eigenvalue weighted by Crippen LogP contribution is 2.27. The van der Waals surface area contributed by atoms with Gasteiger partial charge in [0.1, 0.15) is 17.2 Å². The van der Waals surface area contributed by atoms with Crippen molar-refractivity contribution >= 4 is 17.5 Å². The molecule has 2 aromatic carbocycles. The van der Waals surface area contributed by atoms with E-state index in [1.807, 2.05) is 24.3 Å². The summed E-state index contributed by atoms with van der Waals surface area (Å²) in [7, 11) is 4.75. The Kier molecular flexibility index (Phi) is 5.72. The largest absolute Gasteiger partial charge is 0.497 e. The second-order valence-electron chi connectivity index (χ2n) is 4.45. The van der Waals surface area contributed by atoms with Gasteiger partial charge in [0.2, 0.25) is 0 Å². The van der Waals surface area contributed by atoms with E-state index in [0.29, 0.717) is 22.8 Å². The van der Waals surface area contributed by atoms with Crippen molar-refractivity contribution in [2.75, 3.05) is 27.1 Å². The minimum Gasteiger partial charge on any atom is -0.497 e. The van der Waals surface area contributed by atoms with Crippen molar-refractivity contribution in [3.05, 3.63) is 48.0 Å². The lowest BCUT2D eigenvalue weighted by atomic mass is 10.1. The third-order valence-electron chi connectivity index (χ3n) is 3.14. The molecule has 0 saturated heterocycles. The Bertz CT molecular complexity index is 638. The van der Waals surface area contributed by atoms with Crippen LogP contribution in [0.5, 0.6) is 17.2 Å². The SMILES string of the molecule is COc1ccc(SCC(=O)c2ccc(OC)cc2OC)cc1. The Morgan fingerprint density at radius 3 is 2.14 bits per heavy atom. The molecule has 0 atom stereocenters. The van der Waals surface area contributed by atoms with E-state index in [-0.39, 0.29) is 5.78 Å². The summed E-state index contributed by atoms with van der Waals surface area (Å²) in [4.78, 5) is 13.4. The number of ketones is 1. The van der Waals surface area contributed by atoms with E-state index in [2.05, 4.69) is 0 Å². The van der Waals surface area contributed by atoms with Crippen molar-refractivity contribution in [1.29, 1.82) is 0 Å². The third-order valence-corrected chi connectivity index (χ3v) is 4.15. The fourth-order valence-corrected chi connectivity index (χ4v) is 2.71. The maximum Gasteiger partial charge on any atom is 0.176 e. The molecule has 0 aliphatic carbocycles. The normalized spacial score (nSPS) is 10.1. The van der Waals surface area contributed by atoms with E-state index in [0.717, 1.165) is 10.6 Å². The first-order valence-corrected chi connectivity index (χ1v) is 7.68. The molecule has 0 aliphatic rings. The van der Waals surface area contributed by atoms with Crippen LogP contribution in [0, 0.1) is 0 Å². The van der Waals surface area contributed by atoms with Gasteiger partial charge in [0.05, 0.1) is 32.6 Å². The van der Waals surface area contributed by atoms with Gasteiger partial charge in [-0.1, -0.05) is 0 Å². The number of carbonyl (C=O) groups is 1. The number of carbonyl (C=O) groups excluding carboxylic acids is 1. The Labute approximate surface area is 134 Å². The topological polar surface area (TPSA) is 44.8 Å². The van der Waals surface area contributed by atoms with Crippen LogP contribution in [-0.4, -0.2) is 32.9 Å². The van der Waals surface area contributed by atoms with Gasteiger partial charge in [0.25, 0.3) is 0 Å². The van der Waals surface area contributed by atoms with Crippen LogP contribution in [0.4, 0.5) is 0 Å². The highest BCUT2D eigenvalue weighted by molar-refractivity contribution is 8.00. The van der Waals surface area contributed by atoms with Gasteiger partial charge in [0, 0.05) is 11.0 Å². The van der Waals surface area contributed by atoms with Crippen LogP contribution in [-0.2, 0) is 0 Å². The monoisotopic (exact) mass is 318 g/mol. The number of hydrogen-bond donors (Lipinski definition) is 0. The summed E-state index contributed by atoms with van der Waals surface area (Å²) in [5.41, 5.74) is 0.560. The Morgan fingerprint density at radius 1 is 0.909 bits per heavy atom. The Hall–Kier alpha value is -2.14. The van der Waals surface area contributed by atoms with Crippen LogP contribution in [0.3, 0.4) is 0 Å². The summed E-state index contributed by atoms with van der Waals surface area (Å²) < 4.78 is 15.5. The molecule has 4 nitrogen and oxygen atoms in total. The van der Waals surface area contributed by atoms with Crippen molar-refractivity contribution in [3.63, 3.8) is 0 Å². The highest BCUT2D eigenvalue weighted by atomic mass is 32.2. The van der Waals surface area contributed by atoms with Gasteiger partial charge in [-0.05, 0) is 36.4 Å². The number of thioether (sulfide) groups is 1. The van der Waals surface area contributed by atoms with Crippen molar-refractivity contribution in [3.8, 4) is 17.2 Å². The molecule has 2 rings (SSSR count). The molecule has 0 spiro atoms. The van der Waals surface area contributed by atoms with Gasteiger partial charge in [-0.25, -0.2) is 0 Å². The maximum atomic E-state index is 12.4. The van der Waals surface area contributed by atoms with E-state index in [4.69, 9.17) is 14.2 Å². The number of ether oxygens (including phenoxy) is 3. The van der Waals surface area contributed by atoms with Crippen LogP contribution < -0.4 is 14.2 Å². The van der Waals surface area contributed by atoms with Crippen LogP contribution in [0.15, 0.2) is 47.4 Å². The first-order chi connectivity index (χ1) is 10.7. The van der Waals surface area contributed by atoms with Crippen LogP contribution >= 0.6 is 11.8 Å². The summed E-state index contributed by atoms with van der Waals surface area (Å²) in [6.07, 6.45) is 0. The molecule has 0 fully saturated rings. The lowest BCUT2D eigenvalue weighted by molar-refractivity contribution is 0.101. The fraction of sp³-hybridized carbons (Fsp3) is 0.235. The minimum absolute atomic E-state index is 0.0142. The summed E-state index contributed by atoms with van der Waals surface area (Å²) in [5.74, 6) is 2.35. The molecule has 0 amide bonds. The second kappa shape index (κ2) is 7.75. The van der Waals surface area contributed by atoms with Crippen molar-refractivity contribution in [1.82, 2.24) is 0 Å². The summed E-state index contributed by atoms with van der Waals surface area (Å²) in [6, 6.07) is 12.8. The second-order valence-corrected chi connectivity index (χ2v) is 5.50. The van der Waals surface area contributed by atoms with Gasteiger partial charge < -0.3 is 14.2 Å². The number of Topliss-reactive ketones (excluding diaryl/α,β-unsaturated/α-hetero) is 1. The van der Waals surface area contributed by atoms with E-state index in [1.165, 1.54) is 11.8 Å². The molecule has 0 aromatic heterocycles. The first kappa shape index (κ1) is 16.2. The molecular formula is C17H18O4S. The van der Waals surface area contributed by atoms with Crippen molar-refractivity contribution < 1.29 is 19.0 Å². The zero-order valence-electron chi connectivity index (χ0n) is 12.8. The Morgan fingerprint density at radius 2 is 1.55 bits per heavy atom. The predicted octanol–water partition coefficient (Wildman–Crippen LogP) is 3.69. The average molecular weight is 318 g/mol. The molecular weight excluding hydrogens is 300 g/mol. The van der Waals surface area contributed by atoms with E-state index in [9.17, 15) is 4.79 Å². The molecule has 22 heavy (non-hydrogen) atoms. The zero-order valence-corrected chi connectivity index (χ0v) is 13.6. The van der Waals surface area contributed by atoms with Gasteiger partial charge >= 0.3 is 0 Å². The Balaban J connectivity index is 2.05. The maximum absolute atomic E-state index is 12.4. The van der Waals surface area contributed by atoms with Crippen molar-refractivity contribution in [2.45, 2.75) is 4.90 Å². The molecule has 0 heterocycles. The third kappa shape index (κ3) is 3.95. The highest BCUT2D eigenvalue weighted by Gasteiger charge is 2.13. The van der Waals surface area contributed by atoms with Gasteiger partial charge in [0.15, 0.2) is 5.78 Å². The minimum atomic E-state index is 0.0142. The van der Waals surface area contributed by atoms with Crippen LogP contribution in [0.1, 0.15) is 10.4 Å².